The highest BCUT2D eigenvalue weighted by Gasteiger charge is 2.43. The molecule has 3 N–H and O–H groups in total. The average molecular weight is 413 g/mol. The number of ether oxygens (including phenoxy) is 1. The Labute approximate surface area is 176 Å². The maximum absolute atomic E-state index is 12.2. The molecule has 3 rings (SSSR count). The van der Waals surface area contributed by atoms with Crippen molar-refractivity contribution in [2.45, 2.75) is 22.5 Å². The van der Waals surface area contributed by atoms with Crippen LogP contribution in [0.2, 0.25) is 0 Å². The van der Waals surface area contributed by atoms with Gasteiger partial charge in [-0.05, 0) is 43.2 Å². The first kappa shape index (κ1) is 21.0. The molecule has 154 valence electrons. The molecule has 1 saturated carbocycles. The van der Waals surface area contributed by atoms with E-state index in [2.05, 4.69) is 45.2 Å². The Bertz CT molecular complexity index is 838. The molecule has 0 saturated heterocycles. The molecule has 1 aliphatic carbocycles. The predicted octanol–water partition coefficient (Wildman–Crippen LogP) is 2.91. The predicted molar refractivity (Wildman–Crippen MR) is 119 cm³/mol. The Hall–Kier alpha value is -2.67. The lowest BCUT2D eigenvalue weighted by Crippen LogP contribution is -2.44. The quantitative estimate of drug-likeness (QED) is 0.335. The van der Waals surface area contributed by atoms with Gasteiger partial charge in [0.1, 0.15) is 5.75 Å². The van der Waals surface area contributed by atoms with Crippen molar-refractivity contribution in [1.82, 2.24) is 16.0 Å². The molecule has 2 aromatic rings. The summed E-state index contributed by atoms with van der Waals surface area (Å²) >= 11 is 1.93. The van der Waals surface area contributed by atoms with Gasteiger partial charge in [0.25, 0.3) is 5.91 Å². The fourth-order valence-corrected chi connectivity index (χ4v) is 4.13. The Morgan fingerprint density at radius 2 is 1.83 bits per heavy atom. The summed E-state index contributed by atoms with van der Waals surface area (Å²) in [6.45, 7) is 1.96. The molecule has 0 bridgehead atoms. The average Bonchev–Trinajstić information content (AvgIpc) is 3.53. The second-order valence-corrected chi connectivity index (χ2v) is 8.48. The van der Waals surface area contributed by atoms with Gasteiger partial charge >= 0.3 is 0 Å². The van der Waals surface area contributed by atoms with Gasteiger partial charge in [0.15, 0.2) is 5.96 Å². The van der Waals surface area contributed by atoms with Gasteiger partial charge in [0.2, 0.25) is 0 Å². The van der Waals surface area contributed by atoms with Crippen LogP contribution in [-0.2, 0) is 0 Å². The molecule has 0 unspecified atom stereocenters. The van der Waals surface area contributed by atoms with E-state index in [0.717, 1.165) is 12.5 Å². The number of thioether (sulfide) groups is 1. The van der Waals surface area contributed by atoms with Crippen molar-refractivity contribution in [3.05, 3.63) is 60.2 Å². The number of guanidine groups is 1. The molecule has 0 heterocycles. The molecular weight excluding hydrogens is 384 g/mol. The molecule has 1 fully saturated rings. The van der Waals surface area contributed by atoms with Crippen molar-refractivity contribution in [3.63, 3.8) is 0 Å². The van der Waals surface area contributed by atoms with Crippen molar-refractivity contribution in [2.75, 3.05) is 33.8 Å². The molecule has 1 amide bonds. The zero-order chi connectivity index (χ0) is 20.5. The number of carbonyl (C=O) groups excluding carboxylic acids is 1. The van der Waals surface area contributed by atoms with Gasteiger partial charge in [-0.25, -0.2) is 0 Å². The van der Waals surface area contributed by atoms with Gasteiger partial charge < -0.3 is 20.7 Å². The molecule has 0 radical (unpaired) electrons. The van der Waals surface area contributed by atoms with E-state index in [1.165, 1.54) is 17.7 Å². The van der Waals surface area contributed by atoms with Gasteiger partial charge in [-0.15, -0.1) is 11.8 Å². The van der Waals surface area contributed by atoms with Crippen LogP contribution in [-0.4, -0.2) is 50.4 Å². The largest absolute Gasteiger partial charge is 0.497 e. The Balaban J connectivity index is 1.38. The second-order valence-electron chi connectivity index (χ2n) is 6.94. The topological polar surface area (TPSA) is 74.8 Å². The summed E-state index contributed by atoms with van der Waals surface area (Å²) in [4.78, 5) is 17.8. The number of rotatable bonds is 9. The second kappa shape index (κ2) is 10.2. The minimum atomic E-state index is -0.121. The zero-order valence-electron chi connectivity index (χ0n) is 16.9. The van der Waals surface area contributed by atoms with Crippen LogP contribution in [0.5, 0.6) is 5.75 Å². The van der Waals surface area contributed by atoms with Crippen LogP contribution in [0.25, 0.3) is 0 Å². The third-order valence-electron chi connectivity index (χ3n) is 4.72. The van der Waals surface area contributed by atoms with Gasteiger partial charge in [-0.2, -0.15) is 0 Å². The molecule has 7 heteroatoms. The molecule has 6 nitrogen and oxygen atoms in total. The van der Waals surface area contributed by atoms with Crippen molar-refractivity contribution in [2.24, 2.45) is 4.99 Å². The molecule has 29 heavy (non-hydrogen) atoms. The number of amides is 1. The van der Waals surface area contributed by atoms with Crippen LogP contribution in [0.15, 0.2) is 64.5 Å². The van der Waals surface area contributed by atoms with Crippen LogP contribution in [0.4, 0.5) is 0 Å². The minimum Gasteiger partial charge on any atom is -0.497 e. The first-order valence-corrected chi connectivity index (χ1v) is 10.6. The maximum Gasteiger partial charge on any atom is 0.251 e. The normalized spacial score (nSPS) is 14.8. The molecule has 2 aromatic carbocycles. The highest BCUT2D eigenvalue weighted by molar-refractivity contribution is 8.01. The van der Waals surface area contributed by atoms with Crippen molar-refractivity contribution >= 4 is 23.6 Å². The minimum absolute atomic E-state index is 0.121. The van der Waals surface area contributed by atoms with E-state index in [9.17, 15) is 4.79 Å². The number of aliphatic imine (C=N–C) groups is 1. The lowest BCUT2D eigenvalue weighted by Gasteiger charge is -2.18. The Kier molecular flexibility index (Phi) is 7.41. The van der Waals surface area contributed by atoms with E-state index in [0.29, 0.717) is 24.4 Å². The lowest BCUT2D eigenvalue weighted by molar-refractivity contribution is 0.0954. The Morgan fingerprint density at radius 1 is 1.07 bits per heavy atom. The van der Waals surface area contributed by atoms with E-state index in [-0.39, 0.29) is 10.7 Å². The van der Waals surface area contributed by atoms with Crippen molar-refractivity contribution in [1.29, 1.82) is 0 Å². The SMILES string of the molecule is CN=C(NCCNC(=O)c1cccc(OC)c1)NCC1(Sc2ccccc2)CC1. The summed E-state index contributed by atoms with van der Waals surface area (Å²) in [5, 5.41) is 9.57. The molecule has 0 aromatic heterocycles. The monoisotopic (exact) mass is 412 g/mol. The molecule has 0 spiro atoms. The molecule has 0 atom stereocenters. The zero-order valence-corrected chi connectivity index (χ0v) is 17.7. The number of carbonyl (C=O) groups is 1. The number of nitrogens with one attached hydrogen (secondary N) is 3. The first-order valence-electron chi connectivity index (χ1n) is 9.75. The first-order chi connectivity index (χ1) is 14.1. The van der Waals surface area contributed by atoms with Crippen molar-refractivity contribution in [3.8, 4) is 5.75 Å². The maximum atomic E-state index is 12.2. The van der Waals surface area contributed by atoms with Crippen LogP contribution in [0, 0.1) is 0 Å². The lowest BCUT2D eigenvalue weighted by atomic mass is 10.2. The third kappa shape index (κ3) is 6.42. The van der Waals surface area contributed by atoms with Crippen LogP contribution < -0.4 is 20.7 Å². The van der Waals surface area contributed by atoms with Gasteiger partial charge in [0, 0.05) is 41.9 Å². The van der Waals surface area contributed by atoms with Gasteiger partial charge in [-0.3, -0.25) is 9.79 Å². The summed E-state index contributed by atoms with van der Waals surface area (Å²) in [5.41, 5.74) is 0.584. The molecule has 1 aliphatic rings. The number of benzene rings is 2. The van der Waals surface area contributed by atoms with E-state index in [4.69, 9.17) is 4.74 Å². The van der Waals surface area contributed by atoms with Crippen molar-refractivity contribution < 1.29 is 9.53 Å². The molecular formula is C22H28N4O2S. The summed E-state index contributed by atoms with van der Waals surface area (Å²) in [7, 11) is 3.34. The smallest absolute Gasteiger partial charge is 0.251 e. The number of methoxy groups -OCH3 is 1. The summed E-state index contributed by atoms with van der Waals surface area (Å²) in [6.07, 6.45) is 2.40. The van der Waals surface area contributed by atoms with Gasteiger partial charge in [0.05, 0.1) is 7.11 Å². The number of hydrogen-bond acceptors (Lipinski definition) is 4. The third-order valence-corrected chi connectivity index (χ3v) is 6.22. The van der Waals surface area contributed by atoms with Crippen LogP contribution in [0.3, 0.4) is 0 Å². The number of nitrogens with zero attached hydrogens (tertiary/aromatic N) is 1. The highest BCUT2D eigenvalue weighted by Crippen LogP contribution is 2.51. The standard InChI is InChI=1S/C22H28N4O2S/c1-23-21(26-16-22(11-12-22)29-19-9-4-3-5-10-19)25-14-13-24-20(27)17-7-6-8-18(15-17)28-2/h3-10,15H,11-14,16H2,1-2H3,(H,24,27)(H2,23,25,26). The fourth-order valence-electron chi connectivity index (χ4n) is 2.88. The van der Waals surface area contributed by atoms with E-state index < -0.39 is 0 Å². The summed E-state index contributed by atoms with van der Waals surface area (Å²) in [6, 6.07) is 17.6. The van der Waals surface area contributed by atoms with E-state index in [1.807, 2.05) is 23.9 Å². The summed E-state index contributed by atoms with van der Waals surface area (Å²) in [5.74, 6) is 1.30. The fraction of sp³-hybridized carbons (Fsp3) is 0.364. The Morgan fingerprint density at radius 3 is 2.52 bits per heavy atom. The highest BCUT2D eigenvalue weighted by atomic mass is 32.2. The van der Waals surface area contributed by atoms with E-state index >= 15 is 0 Å². The number of hydrogen-bond donors (Lipinski definition) is 3. The van der Waals surface area contributed by atoms with Gasteiger partial charge in [-0.1, -0.05) is 24.3 Å². The summed E-state index contributed by atoms with van der Waals surface area (Å²) < 4.78 is 5.40. The molecule has 0 aliphatic heterocycles. The van der Waals surface area contributed by atoms with Crippen LogP contribution in [0.1, 0.15) is 23.2 Å². The van der Waals surface area contributed by atoms with Crippen LogP contribution >= 0.6 is 11.8 Å². The van der Waals surface area contributed by atoms with E-state index in [1.54, 1.807) is 32.4 Å².